The van der Waals surface area contributed by atoms with Crippen LogP contribution in [0.25, 0.3) is 11.4 Å². The first-order chi connectivity index (χ1) is 12.8. The van der Waals surface area contributed by atoms with Gasteiger partial charge in [0, 0.05) is 53.6 Å². The van der Waals surface area contributed by atoms with Gasteiger partial charge in [-0.15, -0.1) is 0 Å². The molecule has 1 unspecified atom stereocenters. The van der Waals surface area contributed by atoms with Gasteiger partial charge in [-0.2, -0.15) is 0 Å². The van der Waals surface area contributed by atoms with Gasteiger partial charge in [0.2, 0.25) is 0 Å². The molecule has 1 aliphatic rings. The number of methoxy groups -OCH3 is 1. The minimum atomic E-state index is 0.270. The summed E-state index contributed by atoms with van der Waals surface area (Å²) in [5, 5.41) is 3.66. The highest BCUT2D eigenvalue weighted by molar-refractivity contribution is 5.53. The summed E-state index contributed by atoms with van der Waals surface area (Å²) in [7, 11) is 1.71. The van der Waals surface area contributed by atoms with Crippen molar-refractivity contribution in [2.45, 2.75) is 31.8 Å². The Labute approximate surface area is 153 Å². The quantitative estimate of drug-likeness (QED) is 0.763. The van der Waals surface area contributed by atoms with E-state index in [-0.39, 0.29) is 6.04 Å². The maximum Gasteiger partial charge on any atom is 0.160 e. The third kappa shape index (κ3) is 3.44. The molecule has 0 saturated carbocycles. The van der Waals surface area contributed by atoms with Gasteiger partial charge in [0.15, 0.2) is 5.82 Å². The summed E-state index contributed by atoms with van der Waals surface area (Å²) in [5.41, 5.74) is 4.47. The highest BCUT2D eigenvalue weighted by atomic mass is 16.5. The SMILES string of the molecule is COc1ccccc1CNC1CCCc2nc(-c3cccnc3)ncc21. The number of ether oxygens (including phenoxy) is 1. The van der Waals surface area contributed by atoms with Crippen molar-refractivity contribution in [2.24, 2.45) is 0 Å². The Morgan fingerprint density at radius 3 is 2.92 bits per heavy atom. The van der Waals surface area contributed by atoms with Gasteiger partial charge in [-0.3, -0.25) is 4.98 Å². The number of rotatable bonds is 5. The molecule has 26 heavy (non-hydrogen) atoms. The zero-order valence-electron chi connectivity index (χ0n) is 14.9. The molecule has 4 rings (SSSR count). The van der Waals surface area contributed by atoms with Crippen LogP contribution >= 0.6 is 0 Å². The summed E-state index contributed by atoms with van der Waals surface area (Å²) in [6.07, 6.45) is 8.77. The van der Waals surface area contributed by atoms with Gasteiger partial charge < -0.3 is 10.1 Å². The van der Waals surface area contributed by atoms with E-state index in [9.17, 15) is 0 Å². The topological polar surface area (TPSA) is 59.9 Å². The van der Waals surface area contributed by atoms with Crippen LogP contribution in [0.3, 0.4) is 0 Å². The van der Waals surface area contributed by atoms with E-state index in [4.69, 9.17) is 9.72 Å². The van der Waals surface area contributed by atoms with Gasteiger partial charge in [-0.25, -0.2) is 9.97 Å². The van der Waals surface area contributed by atoms with Crippen molar-refractivity contribution in [3.8, 4) is 17.1 Å². The summed E-state index contributed by atoms with van der Waals surface area (Å²) in [5.74, 6) is 1.67. The Morgan fingerprint density at radius 2 is 2.08 bits per heavy atom. The lowest BCUT2D eigenvalue weighted by molar-refractivity contribution is 0.400. The molecule has 0 amide bonds. The highest BCUT2D eigenvalue weighted by Crippen LogP contribution is 2.30. The van der Waals surface area contributed by atoms with Crippen LogP contribution in [0.2, 0.25) is 0 Å². The number of nitrogens with one attached hydrogen (secondary N) is 1. The molecule has 2 aromatic heterocycles. The van der Waals surface area contributed by atoms with Crippen molar-refractivity contribution in [1.29, 1.82) is 0 Å². The van der Waals surface area contributed by atoms with E-state index in [1.165, 1.54) is 5.56 Å². The monoisotopic (exact) mass is 346 g/mol. The molecule has 1 aromatic carbocycles. The molecule has 0 saturated heterocycles. The number of hydrogen-bond acceptors (Lipinski definition) is 5. The number of pyridine rings is 1. The third-order valence-electron chi connectivity index (χ3n) is 4.83. The van der Waals surface area contributed by atoms with Gasteiger partial charge in [0.05, 0.1) is 7.11 Å². The van der Waals surface area contributed by atoms with Crippen LogP contribution in [-0.2, 0) is 13.0 Å². The smallest absolute Gasteiger partial charge is 0.160 e. The largest absolute Gasteiger partial charge is 0.496 e. The summed E-state index contributed by atoms with van der Waals surface area (Å²) in [6, 6.07) is 12.3. The van der Waals surface area contributed by atoms with Crippen molar-refractivity contribution in [3.05, 3.63) is 71.8 Å². The first-order valence-corrected chi connectivity index (χ1v) is 8.96. The molecule has 0 spiro atoms. The van der Waals surface area contributed by atoms with Crippen LogP contribution in [0.4, 0.5) is 0 Å². The second-order valence-electron chi connectivity index (χ2n) is 6.47. The van der Waals surface area contributed by atoms with Crippen molar-refractivity contribution in [2.75, 3.05) is 7.11 Å². The van der Waals surface area contributed by atoms with Crippen molar-refractivity contribution >= 4 is 0 Å². The number of nitrogens with zero attached hydrogens (tertiary/aromatic N) is 3. The Hall–Kier alpha value is -2.79. The Morgan fingerprint density at radius 1 is 1.15 bits per heavy atom. The molecule has 5 heteroatoms. The molecule has 0 fully saturated rings. The van der Waals surface area contributed by atoms with E-state index in [1.807, 2.05) is 42.7 Å². The molecule has 132 valence electrons. The third-order valence-corrected chi connectivity index (χ3v) is 4.83. The molecular weight excluding hydrogens is 324 g/mol. The fraction of sp³-hybridized carbons (Fsp3) is 0.286. The van der Waals surface area contributed by atoms with Crippen molar-refractivity contribution in [1.82, 2.24) is 20.3 Å². The van der Waals surface area contributed by atoms with Crippen LogP contribution < -0.4 is 10.1 Å². The fourth-order valence-electron chi connectivity index (χ4n) is 3.48. The predicted octanol–water partition coefficient (Wildman–Crippen LogP) is 3.71. The van der Waals surface area contributed by atoms with E-state index in [0.717, 1.165) is 54.2 Å². The molecule has 5 nitrogen and oxygen atoms in total. The lowest BCUT2D eigenvalue weighted by Crippen LogP contribution is -2.26. The van der Waals surface area contributed by atoms with Gasteiger partial charge in [-0.05, 0) is 37.5 Å². The zero-order valence-corrected chi connectivity index (χ0v) is 14.9. The molecule has 3 aromatic rings. The average molecular weight is 346 g/mol. The molecule has 0 radical (unpaired) electrons. The summed E-state index contributed by atoms with van der Waals surface area (Å²) >= 11 is 0. The van der Waals surface area contributed by atoms with Crippen LogP contribution in [0.1, 0.15) is 35.7 Å². The number of para-hydroxylation sites is 1. The van der Waals surface area contributed by atoms with Crippen LogP contribution in [0.15, 0.2) is 55.0 Å². The highest BCUT2D eigenvalue weighted by Gasteiger charge is 2.22. The van der Waals surface area contributed by atoms with Crippen LogP contribution in [0, 0.1) is 0 Å². The molecule has 2 heterocycles. The normalized spacial score (nSPS) is 16.1. The number of aromatic nitrogens is 3. The maximum absolute atomic E-state index is 5.45. The summed E-state index contributed by atoms with van der Waals surface area (Å²) < 4.78 is 5.45. The van der Waals surface area contributed by atoms with Crippen molar-refractivity contribution in [3.63, 3.8) is 0 Å². The summed E-state index contributed by atoms with van der Waals surface area (Å²) in [6.45, 7) is 0.762. The molecule has 0 bridgehead atoms. The van der Waals surface area contributed by atoms with Crippen molar-refractivity contribution < 1.29 is 4.74 Å². The molecule has 1 aliphatic carbocycles. The minimum absolute atomic E-state index is 0.270. The number of aryl methyl sites for hydroxylation is 1. The van der Waals surface area contributed by atoms with Crippen LogP contribution in [-0.4, -0.2) is 22.1 Å². The second-order valence-corrected chi connectivity index (χ2v) is 6.47. The van der Waals surface area contributed by atoms with Gasteiger partial charge in [0.1, 0.15) is 5.75 Å². The first-order valence-electron chi connectivity index (χ1n) is 8.96. The van der Waals surface area contributed by atoms with E-state index < -0.39 is 0 Å². The molecule has 0 aliphatic heterocycles. The van der Waals surface area contributed by atoms with E-state index >= 15 is 0 Å². The Bertz CT molecular complexity index is 882. The van der Waals surface area contributed by atoms with Crippen LogP contribution in [0.5, 0.6) is 5.75 Å². The second kappa shape index (κ2) is 7.62. The van der Waals surface area contributed by atoms with Gasteiger partial charge >= 0.3 is 0 Å². The molecule has 1 atom stereocenters. The summed E-state index contributed by atoms with van der Waals surface area (Å²) in [4.78, 5) is 13.6. The lowest BCUT2D eigenvalue weighted by Gasteiger charge is -2.26. The first kappa shape index (κ1) is 16.7. The molecular formula is C21H22N4O. The zero-order chi connectivity index (χ0) is 17.8. The fourth-order valence-corrected chi connectivity index (χ4v) is 3.48. The number of fused-ring (bicyclic) bond motifs is 1. The standard InChI is InChI=1S/C21H22N4O/c1-26-20-10-3-2-6-15(20)13-23-18-8-4-9-19-17(18)14-24-21(25-19)16-7-5-11-22-12-16/h2-3,5-7,10-12,14,18,23H,4,8-9,13H2,1H3. The molecule has 1 N–H and O–H groups in total. The van der Waals surface area contributed by atoms with E-state index in [2.05, 4.69) is 21.4 Å². The predicted molar refractivity (Wildman–Crippen MR) is 101 cm³/mol. The Kier molecular flexibility index (Phi) is 4.88. The Balaban J connectivity index is 1.54. The maximum atomic E-state index is 5.45. The minimum Gasteiger partial charge on any atom is -0.496 e. The van der Waals surface area contributed by atoms with E-state index in [1.54, 1.807) is 13.3 Å². The van der Waals surface area contributed by atoms with Gasteiger partial charge in [0.25, 0.3) is 0 Å². The lowest BCUT2D eigenvalue weighted by atomic mass is 9.92. The van der Waals surface area contributed by atoms with Gasteiger partial charge in [-0.1, -0.05) is 18.2 Å². The number of benzene rings is 1. The van der Waals surface area contributed by atoms with E-state index in [0.29, 0.717) is 0 Å². The average Bonchev–Trinajstić information content (AvgIpc) is 2.72. The number of hydrogen-bond donors (Lipinski definition) is 1.